The molecular weight excluding hydrogens is 362 g/mol. The second kappa shape index (κ2) is 6.87. The van der Waals surface area contributed by atoms with Crippen LogP contribution in [0.2, 0.25) is 0 Å². The van der Waals surface area contributed by atoms with E-state index >= 15 is 0 Å². The van der Waals surface area contributed by atoms with Gasteiger partial charge in [0.25, 0.3) is 11.8 Å². The zero-order chi connectivity index (χ0) is 18.9. The van der Waals surface area contributed by atoms with Gasteiger partial charge >= 0.3 is 0 Å². The summed E-state index contributed by atoms with van der Waals surface area (Å²) >= 11 is 0. The summed E-state index contributed by atoms with van der Waals surface area (Å²) in [5.74, 6) is -2.37. The van der Waals surface area contributed by atoms with E-state index in [1.807, 2.05) is 0 Å². The summed E-state index contributed by atoms with van der Waals surface area (Å²) in [6.45, 7) is -0.851. The van der Waals surface area contributed by atoms with E-state index in [9.17, 15) is 27.6 Å². The molecule has 2 N–H and O–H groups in total. The molecule has 0 spiro atoms. The Morgan fingerprint density at radius 3 is 2.23 bits per heavy atom. The number of carbonyl (C=O) groups excluding carboxylic acids is 4. The van der Waals surface area contributed by atoms with Crippen LogP contribution in [0.3, 0.4) is 0 Å². The number of sulfone groups is 1. The van der Waals surface area contributed by atoms with Crippen molar-refractivity contribution < 1.29 is 27.6 Å². The Labute approximate surface area is 149 Å². The van der Waals surface area contributed by atoms with Crippen LogP contribution < -0.4 is 10.6 Å². The highest BCUT2D eigenvalue weighted by Crippen LogP contribution is 2.21. The van der Waals surface area contributed by atoms with Crippen LogP contribution in [0.25, 0.3) is 0 Å². The molecule has 1 atom stereocenters. The molecule has 3 rings (SSSR count). The first-order valence-electron chi connectivity index (χ1n) is 7.98. The Balaban J connectivity index is 1.48. The van der Waals surface area contributed by atoms with Gasteiger partial charge in [0.2, 0.25) is 11.8 Å². The van der Waals surface area contributed by atoms with Crippen molar-refractivity contribution in [3.05, 3.63) is 35.4 Å². The second-order valence-electron chi connectivity index (χ2n) is 6.19. The number of amides is 4. The predicted octanol–water partition coefficient (Wildman–Crippen LogP) is -1.30. The quantitative estimate of drug-likeness (QED) is 0.612. The van der Waals surface area contributed by atoms with Crippen LogP contribution in [-0.4, -0.2) is 67.6 Å². The maximum Gasteiger partial charge on any atom is 0.262 e. The highest BCUT2D eigenvalue weighted by molar-refractivity contribution is 7.91. The van der Waals surface area contributed by atoms with Crippen molar-refractivity contribution in [1.29, 1.82) is 0 Å². The third kappa shape index (κ3) is 3.74. The normalized spacial score (nSPS) is 20.8. The molecule has 10 heteroatoms. The van der Waals surface area contributed by atoms with E-state index in [0.717, 1.165) is 4.90 Å². The first kappa shape index (κ1) is 18.1. The molecule has 2 aliphatic heterocycles. The van der Waals surface area contributed by atoms with Crippen molar-refractivity contribution in [2.45, 2.75) is 12.5 Å². The molecule has 1 saturated heterocycles. The summed E-state index contributed by atoms with van der Waals surface area (Å²) in [5, 5.41) is 4.86. The molecule has 4 amide bonds. The van der Waals surface area contributed by atoms with Gasteiger partial charge in [-0.2, -0.15) is 0 Å². The number of fused-ring (bicyclic) bond motifs is 1. The standard InChI is InChI=1S/C16H17N3O6S/c20-13(18-10-5-6-26(24,25)9-10)7-17-14(21)8-19-15(22)11-3-1-2-4-12(11)16(19)23/h1-4,10H,5-9H2,(H,17,21)(H,18,20). The largest absolute Gasteiger partial charge is 0.351 e. The minimum atomic E-state index is -3.11. The van der Waals surface area contributed by atoms with E-state index in [-0.39, 0.29) is 29.2 Å². The number of benzene rings is 1. The van der Waals surface area contributed by atoms with Crippen LogP contribution in [0.1, 0.15) is 27.1 Å². The molecule has 0 aromatic heterocycles. The van der Waals surface area contributed by atoms with Gasteiger partial charge in [-0.3, -0.25) is 24.1 Å². The molecule has 1 aromatic carbocycles. The summed E-state index contributed by atoms with van der Waals surface area (Å²) in [4.78, 5) is 48.9. The summed E-state index contributed by atoms with van der Waals surface area (Å²) in [5.41, 5.74) is 0.482. The molecule has 2 aliphatic rings. The van der Waals surface area contributed by atoms with Crippen molar-refractivity contribution in [1.82, 2.24) is 15.5 Å². The highest BCUT2D eigenvalue weighted by Gasteiger charge is 2.36. The lowest BCUT2D eigenvalue weighted by Gasteiger charge is -2.14. The zero-order valence-electron chi connectivity index (χ0n) is 13.7. The molecule has 1 fully saturated rings. The van der Waals surface area contributed by atoms with Crippen LogP contribution in [0.4, 0.5) is 0 Å². The Bertz CT molecular complexity index is 860. The molecule has 26 heavy (non-hydrogen) atoms. The van der Waals surface area contributed by atoms with Crippen LogP contribution in [0.5, 0.6) is 0 Å². The van der Waals surface area contributed by atoms with Gasteiger partial charge in [-0.25, -0.2) is 8.42 Å². The number of hydrogen-bond donors (Lipinski definition) is 2. The van der Waals surface area contributed by atoms with Gasteiger partial charge in [0.1, 0.15) is 6.54 Å². The molecule has 0 radical (unpaired) electrons. The summed E-state index contributed by atoms with van der Waals surface area (Å²) in [6.07, 6.45) is 0.344. The van der Waals surface area contributed by atoms with Crippen LogP contribution in [0.15, 0.2) is 24.3 Å². The number of imide groups is 1. The topological polar surface area (TPSA) is 130 Å². The van der Waals surface area contributed by atoms with Crippen LogP contribution >= 0.6 is 0 Å². The molecule has 1 unspecified atom stereocenters. The van der Waals surface area contributed by atoms with Crippen molar-refractivity contribution in [3.63, 3.8) is 0 Å². The van der Waals surface area contributed by atoms with Crippen molar-refractivity contribution in [2.24, 2.45) is 0 Å². The van der Waals surface area contributed by atoms with E-state index in [1.165, 1.54) is 12.1 Å². The number of hydrogen-bond acceptors (Lipinski definition) is 6. The second-order valence-corrected chi connectivity index (χ2v) is 8.41. The Morgan fingerprint density at radius 2 is 1.69 bits per heavy atom. The van der Waals surface area contributed by atoms with Gasteiger partial charge < -0.3 is 10.6 Å². The molecule has 9 nitrogen and oxygen atoms in total. The maximum atomic E-state index is 12.2. The van der Waals surface area contributed by atoms with E-state index < -0.39 is 46.1 Å². The molecule has 0 bridgehead atoms. The molecule has 1 aromatic rings. The summed E-state index contributed by atoms with van der Waals surface area (Å²) < 4.78 is 22.7. The van der Waals surface area contributed by atoms with E-state index in [2.05, 4.69) is 10.6 Å². The third-order valence-corrected chi connectivity index (χ3v) is 5.99. The van der Waals surface area contributed by atoms with Gasteiger partial charge in [-0.1, -0.05) is 12.1 Å². The van der Waals surface area contributed by atoms with Crippen molar-refractivity contribution in [3.8, 4) is 0 Å². The minimum Gasteiger partial charge on any atom is -0.351 e. The lowest BCUT2D eigenvalue weighted by molar-refractivity contribution is -0.126. The van der Waals surface area contributed by atoms with Crippen LogP contribution in [0, 0.1) is 0 Å². The van der Waals surface area contributed by atoms with Gasteiger partial charge in [0.05, 0.1) is 29.2 Å². The number of nitrogens with one attached hydrogen (secondary N) is 2. The lowest BCUT2D eigenvalue weighted by atomic mass is 10.1. The summed E-state index contributed by atoms with van der Waals surface area (Å²) in [7, 11) is -3.11. The fraction of sp³-hybridized carbons (Fsp3) is 0.375. The molecule has 0 saturated carbocycles. The Kier molecular flexibility index (Phi) is 4.77. The molecule has 138 valence electrons. The van der Waals surface area contributed by atoms with Gasteiger partial charge in [0, 0.05) is 6.04 Å². The van der Waals surface area contributed by atoms with Gasteiger partial charge in [-0.05, 0) is 18.6 Å². The number of rotatable bonds is 5. The van der Waals surface area contributed by atoms with E-state index in [4.69, 9.17) is 0 Å². The molecule has 0 aliphatic carbocycles. The smallest absolute Gasteiger partial charge is 0.262 e. The van der Waals surface area contributed by atoms with E-state index in [1.54, 1.807) is 12.1 Å². The fourth-order valence-corrected chi connectivity index (χ4v) is 4.62. The SMILES string of the molecule is O=C(CN1C(=O)c2ccccc2C1=O)NCC(=O)NC1CCS(=O)(=O)C1. The van der Waals surface area contributed by atoms with Gasteiger partial charge in [-0.15, -0.1) is 0 Å². The zero-order valence-corrected chi connectivity index (χ0v) is 14.5. The van der Waals surface area contributed by atoms with Crippen molar-refractivity contribution in [2.75, 3.05) is 24.6 Å². The summed E-state index contributed by atoms with van der Waals surface area (Å²) in [6, 6.07) is 5.82. The van der Waals surface area contributed by atoms with E-state index in [0.29, 0.717) is 6.42 Å². The number of nitrogens with zero attached hydrogens (tertiary/aromatic N) is 1. The highest BCUT2D eigenvalue weighted by atomic mass is 32.2. The van der Waals surface area contributed by atoms with Gasteiger partial charge in [0.15, 0.2) is 9.84 Å². The molecule has 2 heterocycles. The van der Waals surface area contributed by atoms with Crippen LogP contribution in [-0.2, 0) is 19.4 Å². The Morgan fingerprint density at radius 1 is 1.08 bits per heavy atom. The monoisotopic (exact) mass is 379 g/mol. The third-order valence-electron chi connectivity index (χ3n) is 4.22. The Hall–Kier alpha value is -2.75. The lowest BCUT2D eigenvalue weighted by Crippen LogP contribution is -2.45. The first-order chi connectivity index (χ1) is 12.3. The fourth-order valence-electron chi connectivity index (χ4n) is 2.95. The minimum absolute atomic E-state index is 0.0318. The van der Waals surface area contributed by atoms with Crippen molar-refractivity contribution >= 4 is 33.5 Å². The number of carbonyl (C=O) groups is 4. The first-order valence-corrected chi connectivity index (χ1v) is 9.81. The average Bonchev–Trinajstić information content (AvgIpc) is 3.05. The molecular formula is C16H17N3O6S. The predicted molar refractivity (Wildman–Crippen MR) is 90.0 cm³/mol. The average molecular weight is 379 g/mol. The maximum absolute atomic E-state index is 12.2.